The van der Waals surface area contributed by atoms with E-state index in [-0.39, 0.29) is 5.56 Å². The SMILES string of the molecule is CC(C1CC1)C1CCN(Cc2ccc([C@H](N[SH](C)(C)=O)C(F)(F)F)cc2)CC1. The van der Waals surface area contributed by atoms with Crippen molar-refractivity contribution in [1.29, 1.82) is 0 Å². The quantitative estimate of drug-likeness (QED) is 0.646. The lowest BCUT2D eigenvalue weighted by atomic mass is 9.82. The number of alkyl halides is 3. The molecule has 1 aliphatic heterocycles. The van der Waals surface area contributed by atoms with Crippen molar-refractivity contribution in [2.45, 2.75) is 51.4 Å². The van der Waals surface area contributed by atoms with Crippen LogP contribution in [-0.4, -0.2) is 40.9 Å². The normalized spacial score (nSPS) is 22.8. The van der Waals surface area contributed by atoms with E-state index in [1.165, 1.54) is 50.3 Å². The van der Waals surface area contributed by atoms with Crippen molar-refractivity contribution in [3.63, 3.8) is 0 Å². The zero-order valence-corrected chi connectivity index (χ0v) is 17.9. The summed E-state index contributed by atoms with van der Waals surface area (Å²) < 4.78 is 54.3. The fourth-order valence-electron chi connectivity index (χ4n) is 4.37. The van der Waals surface area contributed by atoms with Crippen LogP contribution >= 0.6 is 0 Å². The standard InChI is InChI=1S/C21H33F3N2OS/c1-15(17-8-9-17)18-10-12-26(13-11-18)14-16-4-6-19(7-5-16)20(21(22,23)24)25-28(2,3)27/h4-7,15,17-18,20,28H,8-14H2,1-3H3,(H,25,27)/t15?,20-/m0/s1. The van der Waals surface area contributed by atoms with Gasteiger partial charge in [0.05, 0.1) is 0 Å². The number of nitrogens with zero attached hydrogens (tertiary/aromatic N) is 1. The monoisotopic (exact) mass is 418 g/mol. The van der Waals surface area contributed by atoms with E-state index in [0.717, 1.165) is 43.0 Å². The molecule has 1 aliphatic carbocycles. The highest BCUT2D eigenvalue weighted by atomic mass is 32.3. The Labute approximate surface area is 167 Å². The Hall–Kier alpha value is -0.920. The summed E-state index contributed by atoms with van der Waals surface area (Å²) in [7, 11) is -3.02. The van der Waals surface area contributed by atoms with Gasteiger partial charge in [-0.05, 0) is 67.7 Å². The summed E-state index contributed by atoms with van der Waals surface area (Å²) >= 11 is 0. The number of thiol groups is 1. The van der Waals surface area contributed by atoms with Gasteiger partial charge in [0.15, 0.2) is 0 Å². The second-order valence-corrected chi connectivity index (χ2v) is 12.0. The Kier molecular flexibility index (Phi) is 6.57. The molecule has 0 aromatic heterocycles. The Bertz CT molecular complexity index is 689. The molecule has 1 aromatic rings. The summed E-state index contributed by atoms with van der Waals surface area (Å²) in [5.41, 5.74) is 1.13. The zero-order valence-electron chi connectivity index (χ0n) is 17.0. The molecule has 1 unspecified atom stereocenters. The van der Waals surface area contributed by atoms with Gasteiger partial charge in [0.1, 0.15) is 6.04 Å². The van der Waals surface area contributed by atoms with Gasteiger partial charge < -0.3 is 0 Å². The average Bonchev–Trinajstić information content (AvgIpc) is 3.44. The molecule has 3 nitrogen and oxygen atoms in total. The van der Waals surface area contributed by atoms with Gasteiger partial charge in [-0.2, -0.15) is 13.2 Å². The predicted molar refractivity (Wildman–Crippen MR) is 110 cm³/mol. The molecule has 160 valence electrons. The van der Waals surface area contributed by atoms with Crippen molar-refractivity contribution in [3.05, 3.63) is 35.4 Å². The fraction of sp³-hybridized carbons (Fsp3) is 0.714. The third kappa shape index (κ3) is 6.04. The van der Waals surface area contributed by atoms with Crippen LogP contribution < -0.4 is 4.72 Å². The third-order valence-corrected chi connectivity index (χ3v) is 7.11. The zero-order chi connectivity index (χ0) is 20.5. The van der Waals surface area contributed by atoms with E-state index in [1.807, 2.05) is 0 Å². The predicted octanol–water partition coefficient (Wildman–Crippen LogP) is 4.33. The first-order valence-corrected chi connectivity index (χ1v) is 12.8. The lowest BCUT2D eigenvalue weighted by molar-refractivity contribution is -0.152. The molecule has 1 saturated carbocycles. The third-order valence-electron chi connectivity index (χ3n) is 6.23. The maximum atomic E-state index is 13.4. The lowest BCUT2D eigenvalue weighted by Crippen LogP contribution is -2.40. The number of hydrogen-bond acceptors (Lipinski definition) is 2. The number of likely N-dealkylation sites (tertiary alicyclic amines) is 1. The molecule has 1 saturated heterocycles. The molecule has 1 N–H and O–H groups in total. The van der Waals surface area contributed by atoms with Crippen LogP contribution in [0.5, 0.6) is 0 Å². The first-order chi connectivity index (χ1) is 13.0. The molecule has 7 heteroatoms. The molecule has 1 heterocycles. The van der Waals surface area contributed by atoms with Crippen molar-refractivity contribution in [2.24, 2.45) is 17.8 Å². The summed E-state index contributed by atoms with van der Waals surface area (Å²) in [6.45, 7) is 5.29. The molecule has 0 bridgehead atoms. The molecule has 0 radical (unpaired) electrons. The topological polar surface area (TPSA) is 32.3 Å². The minimum Gasteiger partial charge on any atom is -0.299 e. The fourth-order valence-corrected chi connectivity index (χ4v) is 5.28. The van der Waals surface area contributed by atoms with E-state index in [0.29, 0.717) is 0 Å². The number of hydrogen-bond donors (Lipinski definition) is 2. The van der Waals surface area contributed by atoms with E-state index in [4.69, 9.17) is 0 Å². The largest absolute Gasteiger partial charge is 0.408 e. The van der Waals surface area contributed by atoms with Crippen molar-refractivity contribution in [2.75, 3.05) is 25.6 Å². The molecule has 28 heavy (non-hydrogen) atoms. The number of halogens is 3. The highest BCUT2D eigenvalue weighted by molar-refractivity contribution is 7.99. The minimum absolute atomic E-state index is 0.108. The Balaban J connectivity index is 1.57. The van der Waals surface area contributed by atoms with Crippen molar-refractivity contribution >= 4 is 10.1 Å². The van der Waals surface area contributed by atoms with Gasteiger partial charge in [-0.15, -0.1) is 0 Å². The van der Waals surface area contributed by atoms with Gasteiger partial charge in [0.2, 0.25) is 0 Å². The maximum Gasteiger partial charge on any atom is 0.408 e. The number of benzene rings is 1. The number of nitrogens with one attached hydrogen (secondary N) is 1. The highest BCUT2D eigenvalue weighted by Crippen LogP contribution is 2.43. The highest BCUT2D eigenvalue weighted by Gasteiger charge is 2.42. The second kappa shape index (κ2) is 8.44. The van der Waals surface area contributed by atoms with Crippen LogP contribution in [0.3, 0.4) is 0 Å². The molecule has 1 aromatic carbocycles. The molecule has 2 fully saturated rings. The molecule has 0 amide bonds. The van der Waals surface area contributed by atoms with Gasteiger partial charge in [0, 0.05) is 19.1 Å². The van der Waals surface area contributed by atoms with Crippen molar-refractivity contribution < 1.29 is 17.4 Å². The molecule has 3 rings (SSSR count). The lowest BCUT2D eigenvalue weighted by Gasteiger charge is -2.35. The smallest absolute Gasteiger partial charge is 0.299 e. The summed E-state index contributed by atoms with van der Waals surface area (Å²) in [5.74, 6) is 2.60. The molecule has 2 atom stereocenters. The molecular weight excluding hydrogens is 385 g/mol. The van der Waals surface area contributed by atoms with E-state index in [2.05, 4.69) is 16.5 Å². The van der Waals surface area contributed by atoms with E-state index in [1.54, 1.807) is 12.1 Å². The van der Waals surface area contributed by atoms with Crippen LogP contribution in [0.25, 0.3) is 0 Å². The van der Waals surface area contributed by atoms with Crippen LogP contribution in [-0.2, 0) is 16.7 Å². The first kappa shape index (κ1) is 21.8. The Morgan fingerprint density at radius 2 is 1.61 bits per heavy atom. The summed E-state index contributed by atoms with van der Waals surface area (Å²) in [6.07, 6.45) is 3.38. The van der Waals surface area contributed by atoms with E-state index >= 15 is 0 Å². The maximum absolute atomic E-state index is 13.4. The van der Waals surface area contributed by atoms with Gasteiger partial charge in [-0.3, -0.25) is 9.11 Å². The van der Waals surface area contributed by atoms with Gasteiger partial charge in [-0.1, -0.05) is 41.3 Å². The Morgan fingerprint density at radius 3 is 2.07 bits per heavy atom. The molecular formula is C21H33F3N2OS. The van der Waals surface area contributed by atoms with Gasteiger partial charge >= 0.3 is 6.18 Å². The molecule has 2 aliphatic rings. The average molecular weight is 419 g/mol. The van der Waals surface area contributed by atoms with Crippen LogP contribution in [0.4, 0.5) is 13.2 Å². The number of rotatable bonds is 7. The first-order valence-electron chi connectivity index (χ1n) is 10.2. The Morgan fingerprint density at radius 1 is 1.07 bits per heavy atom. The van der Waals surface area contributed by atoms with E-state index < -0.39 is 22.3 Å². The van der Waals surface area contributed by atoms with Gasteiger partial charge in [0.25, 0.3) is 0 Å². The van der Waals surface area contributed by atoms with Gasteiger partial charge in [-0.25, -0.2) is 4.72 Å². The summed E-state index contributed by atoms with van der Waals surface area (Å²) in [6, 6.07) is 4.66. The van der Waals surface area contributed by atoms with E-state index in [9.17, 15) is 17.4 Å². The van der Waals surface area contributed by atoms with Crippen LogP contribution in [0, 0.1) is 17.8 Å². The number of piperidine rings is 1. The van der Waals surface area contributed by atoms with Crippen LogP contribution in [0.1, 0.15) is 49.8 Å². The minimum atomic E-state index is -4.48. The second-order valence-electron chi connectivity index (χ2n) is 9.01. The van der Waals surface area contributed by atoms with Crippen LogP contribution in [0.15, 0.2) is 24.3 Å². The summed E-state index contributed by atoms with van der Waals surface area (Å²) in [4.78, 5) is 2.40. The van der Waals surface area contributed by atoms with Crippen molar-refractivity contribution in [1.82, 2.24) is 9.62 Å². The molecule has 0 spiro atoms. The van der Waals surface area contributed by atoms with Crippen LogP contribution in [0.2, 0.25) is 0 Å². The van der Waals surface area contributed by atoms with Crippen molar-refractivity contribution in [3.8, 4) is 0 Å². The summed E-state index contributed by atoms with van der Waals surface area (Å²) in [5, 5.41) is 0.